The van der Waals surface area contributed by atoms with E-state index in [1.54, 1.807) is 13.0 Å². The Bertz CT molecular complexity index is 457. The van der Waals surface area contributed by atoms with Gasteiger partial charge in [0.15, 0.2) is 0 Å². The van der Waals surface area contributed by atoms with Gasteiger partial charge in [-0.2, -0.15) is 0 Å². The van der Waals surface area contributed by atoms with Crippen LogP contribution in [-0.4, -0.2) is 35.4 Å². The van der Waals surface area contributed by atoms with E-state index in [1.165, 1.54) is 0 Å². The van der Waals surface area contributed by atoms with Crippen LogP contribution in [0.25, 0.3) is 0 Å². The summed E-state index contributed by atoms with van der Waals surface area (Å²) < 4.78 is 4.77. The smallest absolute Gasteiger partial charge is 0.412 e. The van der Waals surface area contributed by atoms with Crippen LogP contribution >= 0.6 is 24.6 Å². The molecule has 0 aromatic heterocycles. The lowest BCUT2D eigenvalue weighted by atomic mass is 10.0. The van der Waals surface area contributed by atoms with Gasteiger partial charge in [-0.1, -0.05) is 36.5 Å². The van der Waals surface area contributed by atoms with Crippen molar-refractivity contribution in [3.8, 4) is 0 Å². The fourth-order valence-electron chi connectivity index (χ4n) is 1.59. The first-order valence-corrected chi connectivity index (χ1v) is 6.41. The van der Waals surface area contributed by atoms with Crippen molar-refractivity contribution in [2.75, 3.05) is 13.2 Å². The van der Waals surface area contributed by atoms with E-state index < -0.39 is 6.09 Å². The monoisotopic (exact) mass is 318 g/mol. The molecule has 1 aromatic rings. The molecule has 0 radical (unpaired) electrons. The maximum atomic E-state index is 11.3. The Balaban J connectivity index is 0.00000361. The summed E-state index contributed by atoms with van der Waals surface area (Å²) in [6.07, 6.45) is -0.0918. The zero-order valence-corrected chi connectivity index (χ0v) is 12.8. The van der Waals surface area contributed by atoms with E-state index in [9.17, 15) is 4.79 Å². The third-order valence-electron chi connectivity index (χ3n) is 2.47. The van der Waals surface area contributed by atoms with Crippen LogP contribution in [-0.2, 0) is 11.2 Å². The standard InChI is InChI=1S/C13H18N2O3S.ClH/c1-2-18-13(17)15-12(19)11-6-4-3-5-9(11)7-10(14)8-16;/h3-6,10,16H,2,7-8,14H2,1H3,(H,15,17,19);1H/t10-;/m0./s1. The maximum absolute atomic E-state index is 11.3. The Labute approximate surface area is 129 Å². The lowest BCUT2D eigenvalue weighted by molar-refractivity contribution is 0.158. The van der Waals surface area contributed by atoms with Crippen molar-refractivity contribution in [2.45, 2.75) is 19.4 Å². The number of hydrogen-bond donors (Lipinski definition) is 3. The molecule has 1 atom stereocenters. The Morgan fingerprint density at radius 2 is 2.15 bits per heavy atom. The van der Waals surface area contributed by atoms with Gasteiger partial charge in [-0.3, -0.25) is 5.32 Å². The Hall–Kier alpha value is -1.21. The minimum Gasteiger partial charge on any atom is -0.450 e. The first kappa shape index (κ1) is 18.8. The number of halogens is 1. The molecule has 0 spiro atoms. The van der Waals surface area contributed by atoms with E-state index in [4.69, 9.17) is 27.8 Å². The normalized spacial score (nSPS) is 11.2. The summed E-state index contributed by atoms with van der Waals surface area (Å²) in [5.74, 6) is 0. The molecule has 0 aliphatic carbocycles. The van der Waals surface area contributed by atoms with Crippen molar-refractivity contribution < 1.29 is 14.6 Å². The average molecular weight is 319 g/mol. The number of carbonyl (C=O) groups excluding carboxylic acids is 1. The van der Waals surface area contributed by atoms with Crippen molar-refractivity contribution >= 4 is 35.7 Å². The zero-order chi connectivity index (χ0) is 14.3. The van der Waals surface area contributed by atoms with E-state index in [0.717, 1.165) is 11.1 Å². The van der Waals surface area contributed by atoms with Gasteiger partial charge in [0.25, 0.3) is 0 Å². The maximum Gasteiger partial charge on any atom is 0.412 e. The van der Waals surface area contributed by atoms with Gasteiger partial charge in [0.2, 0.25) is 0 Å². The number of carbonyl (C=O) groups is 1. The van der Waals surface area contributed by atoms with Gasteiger partial charge in [-0.25, -0.2) is 4.79 Å². The van der Waals surface area contributed by atoms with Crippen LogP contribution in [0, 0.1) is 0 Å². The van der Waals surface area contributed by atoms with Gasteiger partial charge in [0.05, 0.1) is 13.2 Å². The summed E-state index contributed by atoms with van der Waals surface area (Å²) in [4.78, 5) is 11.6. The lowest BCUT2D eigenvalue weighted by Crippen LogP contribution is -2.32. The van der Waals surface area contributed by atoms with Gasteiger partial charge >= 0.3 is 6.09 Å². The van der Waals surface area contributed by atoms with Crippen LogP contribution in [0.5, 0.6) is 0 Å². The molecule has 0 bridgehead atoms. The molecular weight excluding hydrogens is 300 g/mol. The molecule has 112 valence electrons. The highest BCUT2D eigenvalue weighted by molar-refractivity contribution is 7.80. The number of nitrogens with one attached hydrogen (secondary N) is 1. The van der Waals surface area contributed by atoms with Crippen LogP contribution in [0.4, 0.5) is 4.79 Å². The lowest BCUT2D eigenvalue weighted by Gasteiger charge is -2.14. The van der Waals surface area contributed by atoms with Crippen LogP contribution in [0.2, 0.25) is 0 Å². The quantitative estimate of drug-likeness (QED) is 0.715. The molecule has 1 aromatic carbocycles. The molecule has 0 saturated carbocycles. The Morgan fingerprint density at radius 1 is 1.50 bits per heavy atom. The van der Waals surface area contributed by atoms with Gasteiger partial charge in [0.1, 0.15) is 4.99 Å². The van der Waals surface area contributed by atoms with Crippen LogP contribution in [0.3, 0.4) is 0 Å². The average Bonchev–Trinajstić information content (AvgIpc) is 2.39. The molecule has 0 aliphatic rings. The van der Waals surface area contributed by atoms with Crippen molar-refractivity contribution in [2.24, 2.45) is 5.73 Å². The van der Waals surface area contributed by atoms with E-state index >= 15 is 0 Å². The number of amides is 1. The highest BCUT2D eigenvalue weighted by Gasteiger charge is 2.12. The molecule has 0 aliphatic heterocycles. The number of aliphatic hydroxyl groups excluding tert-OH is 1. The molecule has 0 unspecified atom stereocenters. The minimum atomic E-state index is -0.575. The predicted molar refractivity (Wildman–Crippen MR) is 84.3 cm³/mol. The van der Waals surface area contributed by atoms with Gasteiger partial charge in [-0.05, 0) is 18.9 Å². The van der Waals surface area contributed by atoms with Gasteiger partial charge < -0.3 is 15.6 Å². The molecule has 1 rings (SSSR count). The summed E-state index contributed by atoms with van der Waals surface area (Å²) in [5, 5.41) is 11.5. The predicted octanol–water partition coefficient (Wildman–Crippen LogP) is 1.39. The summed E-state index contributed by atoms with van der Waals surface area (Å²) in [7, 11) is 0. The van der Waals surface area contributed by atoms with Gasteiger partial charge in [0, 0.05) is 11.6 Å². The number of thiocarbonyl (C=S) groups is 1. The summed E-state index contributed by atoms with van der Waals surface area (Å²) in [6, 6.07) is 6.99. The number of aliphatic hydroxyl groups is 1. The molecule has 0 saturated heterocycles. The van der Waals surface area contributed by atoms with Crippen LogP contribution in [0.15, 0.2) is 24.3 Å². The second-order valence-electron chi connectivity index (χ2n) is 3.98. The molecule has 0 fully saturated rings. The Morgan fingerprint density at radius 3 is 2.75 bits per heavy atom. The van der Waals surface area contributed by atoms with Crippen LogP contribution < -0.4 is 11.1 Å². The second kappa shape index (κ2) is 9.66. The van der Waals surface area contributed by atoms with Crippen molar-refractivity contribution in [3.05, 3.63) is 35.4 Å². The highest BCUT2D eigenvalue weighted by Crippen LogP contribution is 2.11. The summed E-state index contributed by atoms with van der Waals surface area (Å²) in [6.45, 7) is 1.90. The third-order valence-corrected chi connectivity index (χ3v) is 2.79. The number of ether oxygens (including phenoxy) is 1. The van der Waals surface area contributed by atoms with E-state index in [-0.39, 0.29) is 31.7 Å². The van der Waals surface area contributed by atoms with Crippen LogP contribution in [0.1, 0.15) is 18.1 Å². The number of nitrogens with two attached hydrogens (primary N) is 1. The minimum absolute atomic E-state index is 0. The SMILES string of the molecule is CCOC(=O)NC(=S)c1ccccc1C[C@H](N)CO.Cl. The zero-order valence-electron chi connectivity index (χ0n) is 11.2. The number of alkyl carbamates (subject to hydrolysis) is 1. The molecule has 4 N–H and O–H groups in total. The Kier molecular flexibility index (Phi) is 9.07. The second-order valence-corrected chi connectivity index (χ2v) is 4.39. The largest absolute Gasteiger partial charge is 0.450 e. The van der Waals surface area contributed by atoms with Crippen molar-refractivity contribution in [1.29, 1.82) is 0 Å². The number of hydrogen-bond acceptors (Lipinski definition) is 5. The molecule has 20 heavy (non-hydrogen) atoms. The summed E-state index contributed by atoms with van der Waals surface area (Å²) in [5.41, 5.74) is 7.32. The molecular formula is C13H19ClN2O3S. The van der Waals surface area contributed by atoms with E-state index in [0.29, 0.717) is 11.4 Å². The van der Waals surface area contributed by atoms with Crippen molar-refractivity contribution in [1.82, 2.24) is 5.32 Å². The summed E-state index contributed by atoms with van der Waals surface area (Å²) >= 11 is 5.17. The van der Waals surface area contributed by atoms with Gasteiger partial charge in [-0.15, -0.1) is 12.4 Å². The molecule has 5 nitrogen and oxygen atoms in total. The number of rotatable bonds is 5. The van der Waals surface area contributed by atoms with Crippen molar-refractivity contribution in [3.63, 3.8) is 0 Å². The van der Waals surface area contributed by atoms with E-state index in [2.05, 4.69) is 5.32 Å². The first-order chi connectivity index (χ1) is 9.08. The van der Waals surface area contributed by atoms with E-state index in [1.807, 2.05) is 18.2 Å². The third kappa shape index (κ3) is 5.83. The topological polar surface area (TPSA) is 84.6 Å². The fourth-order valence-corrected chi connectivity index (χ4v) is 1.88. The molecule has 7 heteroatoms. The molecule has 1 amide bonds. The number of benzene rings is 1. The first-order valence-electron chi connectivity index (χ1n) is 6.01. The fraction of sp³-hybridized carbons (Fsp3) is 0.385. The highest BCUT2D eigenvalue weighted by atomic mass is 35.5. The molecule has 0 heterocycles.